The van der Waals surface area contributed by atoms with Gasteiger partial charge in [0.25, 0.3) is 0 Å². The van der Waals surface area contributed by atoms with Crippen LogP contribution >= 0.6 is 0 Å². The van der Waals surface area contributed by atoms with E-state index in [-0.39, 0.29) is 12.0 Å². The standard InChI is InChI=1S/C21H32N4O/c1-2-22-20(24-16-21(12-13-26)10-6-3-7-11-21)23-15-18-14-17-8-4-5-9-19(17)25-18/h4-5,8-9,14,25-26H,2-3,6-7,10-13,15-16H2,1H3,(H2,22,23,24). The Hall–Kier alpha value is -2.01. The topological polar surface area (TPSA) is 72.4 Å². The second-order valence-electron chi connectivity index (χ2n) is 7.46. The first-order chi connectivity index (χ1) is 12.7. The van der Waals surface area contributed by atoms with Gasteiger partial charge >= 0.3 is 0 Å². The Morgan fingerprint density at radius 2 is 2.00 bits per heavy atom. The highest BCUT2D eigenvalue weighted by molar-refractivity contribution is 5.81. The fourth-order valence-electron chi connectivity index (χ4n) is 4.05. The van der Waals surface area contributed by atoms with Gasteiger partial charge in [-0.1, -0.05) is 37.5 Å². The number of rotatable bonds is 7. The van der Waals surface area contributed by atoms with Crippen molar-refractivity contribution in [1.82, 2.24) is 15.6 Å². The molecule has 0 unspecified atom stereocenters. The maximum atomic E-state index is 9.50. The van der Waals surface area contributed by atoms with Crippen LogP contribution in [0.1, 0.15) is 51.1 Å². The fraction of sp³-hybridized carbons (Fsp3) is 0.571. The van der Waals surface area contributed by atoms with Gasteiger partial charge in [-0.05, 0) is 49.1 Å². The van der Waals surface area contributed by atoms with Crippen LogP contribution in [0.2, 0.25) is 0 Å². The summed E-state index contributed by atoms with van der Waals surface area (Å²) in [4.78, 5) is 8.19. The SMILES string of the molecule is CCNC(=NCc1cc2ccccc2[nH]1)NCC1(CCO)CCCCC1. The summed E-state index contributed by atoms with van der Waals surface area (Å²) in [5.74, 6) is 0.856. The maximum Gasteiger partial charge on any atom is 0.191 e. The highest BCUT2D eigenvalue weighted by Crippen LogP contribution is 2.38. The van der Waals surface area contributed by atoms with Crippen molar-refractivity contribution in [2.24, 2.45) is 10.4 Å². The second-order valence-corrected chi connectivity index (χ2v) is 7.46. The molecule has 4 N–H and O–H groups in total. The molecule has 0 radical (unpaired) electrons. The van der Waals surface area contributed by atoms with Crippen molar-refractivity contribution in [2.45, 2.75) is 52.0 Å². The molecule has 1 aliphatic rings. The second kappa shape index (κ2) is 9.08. The number of nitrogens with one attached hydrogen (secondary N) is 3. The summed E-state index contributed by atoms with van der Waals surface area (Å²) in [5.41, 5.74) is 2.48. The molecule has 0 atom stereocenters. The number of aromatic amines is 1. The van der Waals surface area contributed by atoms with Crippen molar-refractivity contribution >= 4 is 16.9 Å². The van der Waals surface area contributed by atoms with Crippen molar-refractivity contribution in [3.05, 3.63) is 36.0 Å². The number of fused-ring (bicyclic) bond motifs is 1. The lowest BCUT2D eigenvalue weighted by Crippen LogP contribution is -2.44. The summed E-state index contributed by atoms with van der Waals surface area (Å²) in [6.07, 6.45) is 7.13. The minimum atomic E-state index is 0.213. The first-order valence-corrected chi connectivity index (χ1v) is 9.94. The molecule has 5 nitrogen and oxygen atoms in total. The monoisotopic (exact) mass is 356 g/mol. The summed E-state index contributed by atoms with van der Waals surface area (Å²) in [6.45, 7) is 4.70. The van der Waals surface area contributed by atoms with E-state index < -0.39 is 0 Å². The number of para-hydroxylation sites is 1. The molecule has 1 heterocycles. The molecule has 0 aliphatic heterocycles. The molecule has 26 heavy (non-hydrogen) atoms. The smallest absolute Gasteiger partial charge is 0.191 e. The van der Waals surface area contributed by atoms with Gasteiger partial charge in [0.2, 0.25) is 0 Å². The minimum Gasteiger partial charge on any atom is -0.396 e. The fourth-order valence-corrected chi connectivity index (χ4v) is 4.05. The maximum absolute atomic E-state index is 9.50. The van der Waals surface area contributed by atoms with E-state index in [1.165, 1.54) is 37.5 Å². The highest BCUT2D eigenvalue weighted by Gasteiger charge is 2.31. The van der Waals surface area contributed by atoms with Gasteiger partial charge in [0.05, 0.1) is 6.54 Å². The first-order valence-electron chi connectivity index (χ1n) is 9.94. The first kappa shape index (κ1) is 18.8. The van der Waals surface area contributed by atoms with Crippen LogP contribution in [0.15, 0.2) is 35.3 Å². The van der Waals surface area contributed by atoms with E-state index in [4.69, 9.17) is 4.99 Å². The van der Waals surface area contributed by atoms with Crippen LogP contribution in [0.25, 0.3) is 10.9 Å². The molecule has 1 fully saturated rings. The molecule has 0 amide bonds. The highest BCUT2D eigenvalue weighted by atomic mass is 16.3. The predicted molar refractivity (Wildman–Crippen MR) is 108 cm³/mol. The van der Waals surface area contributed by atoms with Crippen molar-refractivity contribution in [1.29, 1.82) is 0 Å². The number of aliphatic imine (C=N–C) groups is 1. The van der Waals surface area contributed by atoms with Gasteiger partial charge in [-0.25, -0.2) is 4.99 Å². The number of guanidine groups is 1. The average molecular weight is 357 g/mol. The Kier molecular flexibility index (Phi) is 6.56. The van der Waals surface area contributed by atoms with E-state index >= 15 is 0 Å². The number of aliphatic hydroxyl groups is 1. The van der Waals surface area contributed by atoms with Crippen molar-refractivity contribution in [3.8, 4) is 0 Å². The number of hydrogen-bond acceptors (Lipinski definition) is 2. The van der Waals surface area contributed by atoms with E-state index in [9.17, 15) is 5.11 Å². The molecule has 0 saturated heterocycles. The van der Waals surface area contributed by atoms with Crippen LogP contribution in [0.4, 0.5) is 0 Å². The lowest BCUT2D eigenvalue weighted by molar-refractivity contribution is 0.131. The summed E-state index contributed by atoms with van der Waals surface area (Å²) in [7, 11) is 0. The molecule has 1 aromatic heterocycles. The van der Waals surface area contributed by atoms with E-state index in [0.717, 1.165) is 36.7 Å². The van der Waals surface area contributed by atoms with Crippen LogP contribution in [0.5, 0.6) is 0 Å². The van der Waals surface area contributed by atoms with Gasteiger partial charge in [0, 0.05) is 30.9 Å². The third-order valence-electron chi connectivity index (χ3n) is 5.52. The molecule has 1 aromatic carbocycles. The van der Waals surface area contributed by atoms with Crippen molar-refractivity contribution in [3.63, 3.8) is 0 Å². The van der Waals surface area contributed by atoms with E-state index in [2.05, 4.69) is 46.8 Å². The Bertz CT molecular complexity index is 677. The molecule has 1 saturated carbocycles. The molecule has 0 spiro atoms. The number of nitrogens with zero attached hydrogens (tertiary/aromatic N) is 1. The number of H-pyrrole nitrogens is 1. The molecule has 0 bridgehead atoms. The predicted octanol–water partition coefficient (Wildman–Crippen LogP) is 3.56. The molecular formula is C21H32N4O. The molecule has 5 heteroatoms. The van der Waals surface area contributed by atoms with Crippen LogP contribution in [-0.2, 0) is 6.54 Å². The van der Waals surface area contributed by atoms with Crippen LogP contribution in [-0.4, -0.2) is 35.7 Å². The lowest BCUT2D eigenvalue weighted by atomic mass is 9.72. The molecule has 2 aromatic rings. The number of benzene rings is 1. The zero-order valence-corrected chi connectivity index (χ0v) is 15.9. The Morgan fingerprint density at radius 1 is 1.19 bits per heavy atom. The van der Waals surface area contributed by atoms with E-state index in [1.54, 1.807) is 0 Å². The zero-order valence-electron chi connectivity index (χ0n) is 15.9. The molecule has 3 rings (SSSR count). The number of aliphatic hydroxyl groups excluding tert-OH is 1. The van der Waals surface area contributed by atoms with Gasteiger partial charge in [-0.2, -0.15) is 0 Å². The van der Waals surface area contributed by atoms with Gasteiger partial charge < -0.3 is 20.7 Å². The molecule has 142 valence electrons. The van der Waals surface area contributed by atoms with Crippen molar-refractivity contribution in [2.75, 3.05) is 19.7 Å². The Morgan fingerprint density at radius 3 is 2.73 bits per heavy atom. The van der Waals surface area contributed by atoms with Crippen LogP contribution < -0.4 is 10.6 Å². The number of aromatic nitrogens is 1. The van der Waals surface area contributed by atoms with Crippen molar-refractivity contribution < 1.29 is 5.11 Å². The van der Waals surface area contributed by atoms with Gasteiger partial charge in [-0.15, -0.1) is 0 Å². The van der Waals surface area contributed by atoms with E-state index in [1.807, 2.05) is 6.07 Å². The van der Waals surface area contributed by atoms with E-state index in [0.29, 0.717) is 6.54 Å². The Balaban J connectivity index is 1.64. The van der Waals surface area contributed by atoms with Crippen LogP contribution in [0.3, 0.4) is 0 Å². The molecular weight excluding hydrogens is 324 g/mol. The third-order valence-corrected chi connectivity index (χ3v) is 5.52. The summed E-state index contributed by atoms with van der Waals surface area (Å²) in [6, 6.07) is 10.5. The minimum absolute atomic E-state index is 0.213. The largest absolute Gasteiger partial charge is 0.396 e. The normalized spacial score (nSPS) is 17.4. The third kappa shape index (κ3) is 4.79. The Labute approximate surface area is 156 Å². The molecule has 1 aliphatic carbocycles. The summed E-state index contributed by atoms with van der Waals surface area (Å²) < 4.78 is 0. The lowest BCUT2D eigenvalue weighted by Gasteiger charge is -2.37. The van der Waals surface area contributed by atoms with Crippen LogP contribution in [0, 0.1) is 5.41 Å². The summed E-state index contributed by atoms with van der Waals surface area (Å²) in [5, 5.41) is 17.6. The average Bonchev–Trinajstić information content (AvgIpc) is 3.08. The zero-order chi connectivity index (χ0) is 18.2. The van der Waals surface area contributed by atoms with Gasteiger partial charge in [-0.3, -0.25) is 0 Å². The van der Waals surface area contributed by atoms with Gasteiger partial charge in [0.15, 0.2) is 5.96 Å². The quantitative estimate of drug-likeness (QED) is 0.453. The van der Waals surface area contributed by atoms with Gasteiger partial charge in [0.1, 0.15) is 0 Å². The number of hydrogen-bond donors (Lipinski definition) is 4. The summed E-state index contributed by atoms with van der Waals surface area (Å²) >= 11 is 0.